The fraction of sp³-hybridized carbons (Fsp3) is 0.652. The van der Waals surface area contributed by atoms with E-state index < -0.39 is 58.7 Å². The molecule has 1 fully saturated rings. The van der Waals surface area contributed by atoms with Crippen molar-refractivity contribution in [2.75, 3.05) is 25.2 Å². The van der Waals surface area contributed by atoms with Crippen molar-refractivity contribution < 1.29 is 36.1 Å². The van der Waals surface area contributed by atoms with E-state index in [4.69, 9.17) is 4.74 Å². The van der Waals surface area contributed by atoms with Gasteiger partial charge in [0.15, 0.2) is 0 Å². The summed E-state index contributed by atoms with van der Waals surface area (Å²) in [4.78, 5) is 25.3. The Kier molecular flexibility index (Phi) is 10.1. The molecule has 0 radical (unpaired) electrons. The van der Waals surface area contributed by atoms with Crippen molar-refractivity contribution in [3.05, 3.63) is 18.2 Å². The number of hydrogen-bond acceptors (Lipinski definition) is 6. The average Bonchev–Trinajstić information content (AvgIpc) is 2.74. The molecule has 1 atom stereocenters. The lowest BCUT2D eigenvalue weighted by Crippen LogP contribution is -2.50. The maximum absolute atomic E-state index is 13.3. The quantitative estimate of drug-likeness (QED) is 0.399. The van der Waals surface area contributed by atoms with Gasteiger partial charge in [-0.25, -0.2) is 26.7 Å². The number of rotatable bonds is 9. The summed E-state index contributed by atoms with van der Waals surface area (Å²) < 4.78 is 70.3. The van der Waals surface area contributed by atoms with Crippen LogP contribution in [0.1, 0.15) is 52.9 Å². The highest BCUT2D eigenvalue weighted by Crippen LogP contribution is 2.38. The van der Waals surface area contributed by atoms with Crippen LogP contribution < -0.4 is 20.7 Å². The van der Waals surface area contributed by atoms with Gasteiger partial charge in [0.2, 0.25) is 15.9 Å². The smallest absolute Gasteiger partial charge is 0.408 e. The number of nitrogens with one attached hydrogen (secondary N) is 3. The molecule has 1 aliphatic carbocycles. The van der Waals surface area contributed by atoms with Gasteiger partial charge < -0.3 is 19.9 Å². The van der Waals surface area contributed by atoms with Gasteiger partial charge in [-0.15, -0.1) is 0 Å². The van der Waals surface area contributed by atoms with Crippen molar-refractivity contribution >= 4 is 40.2 Å². The minimum Gasteiger partial charge on any atom is -0.444 e. The highest BCUT2D eigenvalue weighted by molar-refractivity contribution is 7.90. The van der Waals surface area contributed by atoms with E-state index in [2.05, 4.69) is 10.6 Å². The van der Waals surface area contributed by atoms with E-state index in [9.17, 15) is 31.4 Å². The van der Waals surface area contributed by atoms with Crippen LogP contribution in [0.4, 0.5) is 19.3 Å². The molecule has 0 aliphatic heterocycles. The van der Waals surface area contributed by atoms with Crippen molar-refractivity contribution in [3.8, 4) is 0 Å². The van der Waals surface area contributed by atoms with Gasteiger partial charge in [-0.05, 0) is 71.1 Å². The molecule has 1 aromatic rings. The van der Waals surface area contributed by atoms with Crippen LogP contribution in [0.2, 0.25) is 0 Å². The Bertz CT molecular complexity index is 1100. The van der Waals surface area contributed by atoms with Crippen LogP contribution in [0.3, 0.4) is 0 Å². The topological polar surface area (TPSA) is 131 Å². The molecule has 2 amide bonds. The number of alkyl halides is 2. The zero-order chi connectivity index (χ0) is 27.3. The van der Waals surface area contributed by atoms with Gasteiger partial charge in [0, 0.05) is 11.0 Å². The van der Waals surface area contributed by atoms with Crippen molar-refractivity contribution in [2.24, 2.45) is 5.92 Å². The van der Waals surface area contributed by atoms with Gasteiger partial charge in [-0.1, -0.05) is 19.3 Å². The first-order chi connectivity index (χ1) is 16.5. The van der Waals surface area contributed by atoms with Gasteiger partial charge in [-0.2, -0.15) is 0 Å². The van der Waals surface area contributed by atoms with Crippen LogP contribution in [-0.4, -0.2) is 58.4 Å². The molecule has 3 N–H and O–H groups in total. The number of carbonyl (C=O) groups is 2. The Morgan fingerprint density at radius 2 is 1.75 bits per heavy atom. The molecule has 1 saturated carbocycles. The van der Waals surface area contributed by atoms with Gasteiger partial charge in [-0.3, -0.25) is 4.79 Å². The van der Waals surface area contributed by atoms with E-state index in [1.807, 2.05) is 0 Å². The molecule has 0 heterocycles. The molecule has 0 aromatic heterocycles. The molecule has 9 nitrogen and oxygen atoms in total. The molecular formula is C23H36F2N3O6PS. The fourth-order valence-corrected chi connectivity index (χ4v) is 7.17. The summed E-state index contributed by atoms with van der Waals surface area (Å²) >= 11 is 0. The molecule has 204 valence electrons. The highest BCUT2D eigenvalue weighted by atomic mass is 32.2. The van der Waals surface area contributed by atoms with Crippen molar-refractivity contribution in [3.63, 3.8) is 0 Å². The first kappa shape index (κ1) is 30.2. The number of ether oxygens (including phenoxy) is 1. The lowest BCUT2D eigenvalue weighted by Gasteiger charge is -2.31. The second-order valence-corrected chi connectivity index (χ2v) is 15.2. The van der Waals surface area contributed by atoms with Crippen LogP contribution in [0.15, 0.2) is 23.1 Å². The number of hydrogen-bond donors (Lipinski definition) is 3. The van der Waals surface area contributed by atoms with E-state index in [0.717, 1.165) is 38.2 Å². The Morgan fingerprint density at radius 3 is 2.28 bits per heavy atom. The van der Waals surface area contributed by atoms with Gasteiger partial charge in [0.05, 0.1) is 11.4 Å². The maximum atomic E-state index is 13.3. The zero-order valence-electron chi connectivity index (χ0n) is 21.3. The number of anilines is 1. The molecule has 0 saturated heterocycles. The lowest BCUT2D eigenvalue weighted by molar-refractivity contribution is -0.119. The Labute approximate surface area is 211 Å². The van der Waals surface area contributed by atoms with E-state index in [1.54, 1.807) is 25.5 Å². The molecule has 1 aromatic carbocycles. The predicted octanol–water partition coefficient (Wildman–Crippen LogP) is 3.89. The Balaban J connectivity index is 2.34. The summed E-state index contributed by atoms with van der Waals surface area (Å²) in [5, 5.41) is 5.26. The van der Waals surface area contributed by atoms with E-state index >= 15 is 0 Å². The van der Waals surface area contributed by atoms with E-state index in [0.29, 0.717) is 0 Å². The number of alkyl carbamates (subject to hydrolysis) is 1. The summed E-state index contributed by atoms with van der Waals surface area (Å²) in [5.74, 6) is -0.639. The van der Waals surface area contributed by atoms with Crippen LogP contribution >= 0.6 is 7.14 Å². The third-order valence-electron chi connectivity index (χ3n) is 5.60. The number of amides is 2. The van der Waals surface area contributed by atoms with Crippen molar-refractivity contribution in [1.29, 1.82) is 0 Å². The zero-order valence-corrected chi connectivity index (χ0v) is 23.0. The van der Waals surface area contributed by atoms with Crippen LogP contribution in [0, 0.1) is 5.92 Å². The van der Waals surface area contributed by atoms with Gasteiger partial charge >= 0.3 is 6.09 Å². The normalized spacial score (nSPS) is 16.4. The number of benzene rings is 1. The number of carbonyl (C=O) groups excluding carboxylic acids is 2. The van der Waals surface area contributed by atoms with Gasteiger partial charge in [0.1, 0.15) is 18.8 Å². The Morgan fingerprint density at radius 1 is 1.14 bits per heavy atom. The molecular weight excluding hydrogens is 515 g/mol. The largest absolute Gasteiger partial charge is 0.444 e. The van der Waals surface area contributed by atoms with E-state index in [1.165, 1.54) is 25.5 Å². The minimum absolute atomic E-state index is 0.0867. The summed E-state index contributed by atoms with van der Waals surface area (Å²) in [6.07, 6.45) is 0.733. The summed E-state index contributed by atoms with van der Waals surface area (Å²) in [7, 11) is -7.58. The summed E-state index contributed by atoms with van der Waals surface area (Å²) in [5.41, 5.74) is -0.589. The Hall–Kier alpha value is -2.04. The second kappa shape index (κ2) is 12.0. The predicted molar refractivity (Wildman–Crippen MR) is 135 cm³/mol. The second-order valence-electron chi connectivity index (χ2n) is 10.3. The van der Waals surface area contributed by atoms with Crippen molar-refractivity contribution in [2.45, 2.75) is 75.8 Å². The fourth-order valence-electron chi connectivity index (χ4n) is 4.01. The molecule has 2 rings (SSSR count). The van der Waals surface area contributed by atoms with Gasteiger partial charge in [0.25, 0.3) is 6.43 Å². The molecule has 1 aliphatic rings. The minimum atomic E-state index is -4.37. The highest BCUT2D eigenvalue weighted by Gasteiger charge is 2.33. The molecule has 13 heteroatoms. The third kappa shape index (κ3) is 9.12. The van der Waals surface area contributed by atoms with Crippen molar-refractivity contribution in [1.82, 2.24) is 10.0 Å². The molecule has 0 unspecified atom stereocenters. The van der Waals surface area contributed by atoms with E-state index in [-0.39, 0.29) is 16.9 Å². The first-order valence-corrected chi connectivity index (χ1v) is 15.9. The lowest BCUT2D eigenvalue weighted by atomic mass is 9.83. The monoisotopic (exact) mass is 551 g/mol. The summed E-state index contributed by atoms with van der Waals surface area (Å²) in [6.45, 7) is 6.73. The molecule has 0 bridgehead atoms. The molecule has 0 spiro atoms. The summed E-state index contributed by atoms with van der Waals surface area (Å²) in [6, 6.07) is 2.78. The third-order valence-corrected chi connectivity index (χ3v) is 8.76. The maximum Gasteiger partial charge on any atom is 0.408 e. The first-order valence-electron chi connectivity index (χ1n) is 11.8. The average molecular weight is 552 g/mol. The number of halogens is 2. The number of sulfonamides is 1. The van der Waals surface area contributed by atoms with Crippen LogP contribution in [0.25, 0.3) is 0 Å². The standard InChI is InChI=1S/C23H36F2N3O6PS/c1-23(2,3)34-22(30)28-20(15-9-7-6-8-10-15)21(29)27-16-11-12-18(17(13-16)35(4,5)31)36(32,33)26-14-19(24)25/h11-13,15,19-20,26H,6-10,14H2,1-5H3,(H,27,29)(H,28,30)/t20-/m0/s1. The van der Waals surface area contributed by atoms with Crippen LogP contribution in [0.5, 0.6) is 0 Å². The molecule has 36 heavy (non-hydrogen) atoms. The SMILES string of the molecule is CC(C)(C)OC(=O)N[C@H](C(=O)Nc1ccc(S(=O)(=O)NCC(F)F)c(P(C)(C)=O)c1)C1CCCCC1. The van der Waals surface area contributed by atoms with Crippen LogP contribution in [-0.2, 0) is 24.1 Å².